The Labute approximate surface area is 200 Å². The summed E-state index contributed by atoms with van der Waals surface area (Å²) in [5, 5.41) is 10.9. The van der Waals surface area contributed by atoms with Gasteiger partial charge in [-0.25, -0.2) is 9.78 Å². The highest BCUT2D eigenvalue weighted by Gasteiger charge is 2.50. The molecular weight excluding hydrogens is 470 g/mol. The number of benzene rings is 1. The first-order valence-electron chi connectivity index (χ1n) is 10.5. The number of thiazole rings is 1. The van der Waals surface area contributed by atoms with Gasteiger partial charge in [0.25, 0.3) is 0 Å². The second-order valence-electron chi connectivity index (χ2n) is 8.14. The van der Waals surface area contributed by atoms with Gasteiger partial charge in [-0.15, -0.1) is 23.1 Å². The van der Waals surface area contributed by atoms with Gasteiger partial charge in [-0.3, -0.25) is 4.79 Å². The number of hydrogen-bond acceptors (Lipinski definition) is 7. The van der Waals surface area contributed by atoms with E-state index in [4.69, 9.17) is 16.3 Å². The van der Waals surface area contributed by atoms with E-state index in [1.165, 1.54) is 18.4 Å². The number of nitrogens with zero attached hydrogens (tertiary/aromatic N) is 3. The van der Waals surface area contributed by atoms with Crippen LogP contribution < -0.4 is 4.90 Å². The number of aromatic nitrogens is 1. The van der Waals surface area contributed by atoms with Crippen molar-refractivity contribution >= 4 is 52.4 Å². The molecule has 0 radical (unpaired) electrons. The van der Waals surface area contributed by atoms with E-state index in [2.05, 4.69) is 4.98 Å². The van der Waals surface area contributed by atoms with Gasteiger partial charge in [0.05, 0.1) is 30.5 Å². The van der Waals surface area contributed by atoms with Crippen LogP contribution in [0.5, 0.6) is 0 Å². The number of anilines is 1. The molecule has 2 aliphatic heterocycles. The van der Waals surface area contributed by atoms with Crippen LogP contribution in [0.25, 0.3) is 0 Å². The van der Waals surface area contributed by atoms with Crippen molar-refractivity contribution in [2.75, 3.05) is 38.3 Å². The molecule has 172 valence electrons. The van der Waals surface area contributed by atoms with E-state index in [0.29, 0.717) is 24.7 Å². The number of halogens is 1. The zero-order valence-corrected chi connectivity index (χ0v) is 20.4. The minimum atomic E-state index is -0.351. The second-order valence-corrected chi connectivity index (χ2v) is 11.3. The number of ether oxygens (including phenoxy) is 1. The molecule has 2 amide bonds. The molecule has 0 bridgehead atoms. The Morgan fingerprint density at radius 1 is 1.41 bits per heavy atom. The number of likely N-dealkylation sites (tertiary alicyclic amines) is 1. The highest BCUT2D eigenvalue weighted by Crippen LogP contribution is 2.47. The van der Waals surface area contributed by atoms with Crippen molar-refractivity contribution in [2.45, 2.75) is 41.1 Å². The highest BCUT2D eigenvalue weighted by atomic mass is 35.5. The van der Waals surface area contributed by atoms with E-state index >= 15 is 0 Å². The summed E-state index contributed by atoms with van der Waals surface area (Å²) in [5.74, 6) is -0.0259. The summed E-state index contributed by atoms with van der Waals surface area (Å²) in [6.07, 6.45) is 3.25. The highest BCUT2D eigenvalue weighted by molar-refractivity contribution is 8.01. The monoisotopic (exact) mass is 495 g/mol. The molecule has 2 unspecified atom stereocenters. The summed E-state index contributed by atoms with van der Waals surface area (Å²) in [4.78, 5) is 33.3. The topological polar surface area (TPSA) is 83.0 Å². The van der Waals surface area contributed by atoms with E-state index in [1.807, 2.05) is 24.0 Å². The molecular formula is C22H26ClN3O4S2. The Kier molecular flexibility index (Phi) is 7.00. The van der Waals surface area contributed by atoms with Gasteiger partial charge in [0.15, 0.2) is 0 Å². The van der Waals surface area contributed by atoms with Crippen LogP contribution in [0, 0.1) is 0 Å². The minimum Gasteiger partial charge on any atom is -0.453 e. The maximum atomic E-state index is 13.3. The molecule has 32 heavy (non-hydrogen) atoms. The summed E-state index contributed by atoms with van der Waals surface area (Å²) in [5.41, 5.74) is 1.51. The van der Waals surface area contributed by atoms with Gasteiger partial charge in [0, 0.05) is 41.0 Å². The van der Waals surface area contributed by atoms with Crippen LogP contribution in [0.1, 0.15) is 30.3 Å². The third-order valence-corrected chi connectivity index (χ3v) is 8.86. The number of carbonyl (C=O) groups is 2. The molecule has 1 aromatic heterocycles. The number of thioether (sulfide) groups is 1. The number of hydrogen-bond donors (Lipinski definition) is 1. The number of methoxy groups -OCH3 is 1. The number of rotatable bonds is 6. The molecule has 10 heteroatoms. The zero-order chi connectivity index (χ0) is 22.9. The summed E-state index contributed by atoms with van der Waals surface area (Å²) in [7, 11) is 1.38. The SMILES string of the molecule is CCC(CO)Sc1cnc(CC(=O)N2CC3(CCN(C(=O)OC)C3)c3cc(Cl)ccc32)s1. The van der Waals surface area contributed by atoms with E-state index in [-0.39, 0.29) is 35.7 Å². The van der Waals surface area contributed by atoms with Crippen molar-refractivity contribution < 1.29 is 19.4 Å². The number of aliphatic hydroxyl groups excluding tert-OH is 1. The molecule has 1 fully saturated rings. The molecule has 4 rings (SSSR count). The van der Waals surface area contributed by atoms with Crippen molar-refractivity contribution in [1.29, 1.82) is 0 Å². The predicted molar refractivity (Wildman–Crippen MR) is 127 cm³/mol. The molecule has 0 saturated carbocycles. The molecule has 7 nitrogen and oxygen atoms in total. The summed E-state index contributed by atoms with van der Waals surface area (Å²) < 4.78 is 5.91. The van der Waals surface area contributed by atoms with Gasteiger partial charge in [-0.1, -0.05) is 18.5 Å². The molecule has 3 heterocycles. The molecule has 0 aliphatic carbocycles. The van der Waals surface area contributed by atoms with Crippen LogP contribution >= 0.6 is 34.7 Å². The largest absolute Gasteiger partial charge is 0.453 e. The molecule has 1 aromatic carbocycles. The fourth-order valence-electron chi connectivity index (χ4n) is 4.44. The number of amides is 2. The Morgan fingerprint density at radius 2 is 2.22 bits per heavy atom. The van der Waals surface area contributed by atoms with Crippen LogP contribution in [-0.4, -0.2) is 65.6 Å². The molecule has 1 spiro atoms. The number of carbonyl (C=O) groups excluding carboxylic acids is 2. The van der Waals surface area contributed by atoms with E-state index in [1.54, 1.807) is 28.9 Å². The third-order valence-electron chi connectivity index (χ3n) is 6.15. The van der Waals surface area contributed by atoms with Crippen LogP contribution in [0.4, 0.5) is 10.5 Å². The van der Waals surface area contributed by atoms with Crippen molar-refractivity contribution in [3.05, 3.63) is 40.0 Å². The lowest BCUT2D eigenvalue weighted by atomic mass is 9.81. The first-order valence-corrected chi connectivity index (χ1v) is 12.6. The lowest BCUT2D eigenvalue weighted by Gasteiger charge is -2.25. The van der Waals surface area contributed by atoms with E-state index in [9.17, 15) is 14.7 Å². The molecule has 1 saturated heterocycles. The van der Waals surface area contributed by atoms with Crippen LogP contribution in [0.15, 0.2) is 28.6 Å². The maximum Gasteiger partial charge on any atom is 0.409 e. The van der Waals surface area contributed by atoms with Gasteiger partial charge < -0.3 is 19.6 Å². The first kappa shape index (κ1) is 23.4. The predicted octanol–water partition coefficient (Wildman–Crippen LogP) is 3.96. The summed E-state index contributed by atoms with van der Waals surface area (Å²) in [6.45, 7) is 3.73. The van der Waals surface area contributed by atoms with Crippen molar-refractivity contribution in [1.82, 2.24) is 9.88 Å². The summed E-state index contributed by atoms with van der Waals surface area (Å²) in [6, 6.07) is 5.61. The standard InChI is InChI=1S/C22H26ClN3O4S2/c1-3-15(11-27)31-20-10-24-18(32-20)9-19(28)26-13-22(6-7-25(12-22)21(29)30-2)16-8-14(23)4-5-17(16)26/h4-5,8,10,15,27H,3,6-7,9,11-13H2,1-2H3. The van der Waals surface area contributed by atoms with E-state index < -0.39 is 0 Å². The summed E-state index contributed by atoms with van der Waals surface area (Å²) >= 11 is 9.39. The van der Waals surface area contributed by atoms with Crippen LogP contribution in [0.2, 0.25) is 5.02 Å². The van der Waals surface area contributed by atoms with Gasteiger partial charge >= 0.3 is 6.09 Å². The number of aliphatic hydroxyl groups is 1. The third kappa shape index (κ3) is 4.48. The quantitative estimate of drug-likeness (QED) is 0.611. The van der Waals surface area contributed by atoms with Crippen molar-refractivity contribution in [3.8, 4) is 0 Å². The second kappa shape index (κ2) is 9.59. The van der Waals surface area contributed by atoms with Crippen molar-refractivity contribution in [3.63, 3.8) is 0 Å². The lowest BCUT2D eigenvalue weighted by Crippen LogP contribution is -2.40. The van der Waals surface area contributed by atoms with Gasteiger partial charge in [0.1, 0.15) is 5.01 Å². The molecule has 2 atom stereocenters. The van der Waals surface area contributed by atoms with E-state index in [0.717, 1.165) is 33.3 Å². The zero-order valence-electron chi connectivity index (χ0n) is 18.0. The average Bonchev–Trinajstić information content (AvgIpc) is 3.50. The first-order chi connectivity index (χ1) is 15.4. The fourth-order valence-corrected chi connectivity index (χ4v) is 6.82. The Morgan fingerprint density at radius 3 is 2.94 bits per heavy atom. The van der Waals surface area contributed by atoms with Gasteiger partial charge in [0.2, 0.25) is 5.91 Å². The molecule has 1 N–H and O–H groups in total. The minimum absolute atomic E-state index is 0.0259. The lowest BCUT2D eigenvalue weighted by molar-refractivity contribution is -0.118. The van der Waals surface area contributed by atoms with Crippen molar-refractivity contribution in [2.24, 2.45) is 0 Å². The maximum absolute atomic E-state index is 13.3. The van der Waals surface area contributed by atoms with Crippen LogP contribution in [0.3, 0.4) is 0 Å². The Bertz CT molecular complexity index is 1010. The van der Waals surface area contributed by atoms with Gasteiger partial charge in [-0.05, 0) is 36.6 Å². The number of fused-ring (bicyclic) bond motifs is 2. The molecule has 2 aromatic rings. The molecule has 2 aliphatic rings. The van der Waals surface area contributed by atoms with Crippen LogP contribution in [-0.2, 0) is 21.4 Å². The Balaban J connectivity index is 1.53. The smallest absolute Gasteiger partial charge is 0.409 e. The average molecular weight is 496 g/mol. The van der Waals surface area contributed by atoms with Gasteiger partial charge in [-0.2, -0.15) is 0 Å². The normalized spacial score (nSPS) is 20.6. The fraction of sp³-hybridized carbons (Fsp3) is 0.500. The Hall–Kier alpha value is -1.81.